The summed E-state index contributed by atoms with van der Waals surface area (Å²) in [6, 6.07) is 15.4. The van der Waals surface area contributed by atoms with Crippen molar-refractivity contribution >= 4 is 23.7 Å². The van der Waals surface area contributed by atoms with Gasteiger partial charge in [-0.25, -0.2) is 4.79 Å². The van der Waals surface area contributed by atoms with Crippen LogP contribution in [0.15, 0.2) is 54.6 Å². The van der Waals surface area contributed by atoms with Gasteiger partial charge >= 0.3 is 12.1 Å². The number of carbonyl (C=O) groups excluding carboxylic acids is 2. The Labute approximate surface area is 206 Å². The first-order chi connectivity index (χ1) is 16.8. The van der Waals surface area contributed by atoms with E-state index in [1.54, 1.807) is 19.1 Å². The largest absolute Gasteiger partial charge is 0.481 e. The van der Waals surface area contributed by atoms with Gasteiger partial charge in [0.1, 0.15) is 12.6 Å². The van der Waals surface area contributed by atoms with Gasteiger partial charge in [0.05, 0.1) is 5.92 Å². The van der Waals surface area contributed by atoms with E-state index in [2.05, 4.69) is 10.6 Å². The molecule has 1 unspecified atom stereocenters. The van der Waals surface area contributed by atoms with E-state index in [4.69, 9.17) is 21.3 Å². The van der Waals surface area contributed by atoms with Gasteiger partial charge in [0.25, 0.3) is 0 Å². The van der Waals surface area contributed by atoms with Crippen LogP contribution in [0.1, 0.15) is 43.7 Å². The summed E-state index contributed by atoms with van der Waals surface area (Å²) >= 11 is 0. The Morgan fingerprint density at radius 1 is 1.00 bits per heavy atom. The van der Waals surface area contributed by atoms with Crippen molar-refractivity contribution in [2.75, 3.05) is 11.9 Å². The van der Waals surface area contributed by atoms with Crippen LogP contribution in [0.3, 0.4) is 0 Å². The molecular weight excluding hydrogens is 448 g/mol. The summed E-state index contributed by atoms with van der Waals surface area (Å²) in [5, 5.41) is 14.5. The van der Waals surface area contributed by atoms with Crippen LogP contribution in [0, 0.1) is 5.92 Å². The fourth-order valence-corrected chi connectivity index (χ4v) is 3.56. The number of hydrogen-bond donors (Lipinski definition) is 5. The van der Waals surface area contributed by atoms with E-state index in [0.29, 0.717) is 37.9 Å². The number of carboxylic acid groups (broad SMARTS) is 1. The normalized spacial score (nSPS) is 13.3. The van der Waals surface area contributed by atoms with Crippen LogP contribution in [0.4, 0.5) is 10.5 Å². The number of alkyl carbamates (subject to hydrolysis) is 1. The van der Waals surface area contributed by atoms with Crippen LogP contribution >= 0.6 is 0 Å². The van der Waals surface area contributed by atoms with Crippen LogP contribution in [0.25, 0.3) is 0 Å². The van der Waals surface area contributed by atoms with Gasteiger partial charge in [0.2, 0.25) is 5.91 Å². The molecule has 7 N–H and O–H groups in total. The van der Waals surface area contributed by atoms with Crippen molar-refractivity contribution in [2.45, 2.75) is 57.7 Å². The first-order valence-electron chi connectivity index (χ1n) is 11.8. The second-order valence-corrected chi connectivity index (χ2v) is 8.67. The lowest BCUT2D eigenvalue weighted by Crippen LogP contribution is -2.44. The molecule has 0 radical (unpaired) electrons. The molecule has 2 aromatic carbocycles. The molecule has 0 aliphatic rings. The molecule has 0 spiro atoms. The number of nitrogens with one attached hydrogen (secondary N) is 2. The number of anilines is 1. The van der Waals surface area contributed by atoms with Gasteiger partial charge in [-0.3, -0.25) is 9.59 Å². The predicted molar refractivity (Wildman–Crippen MR) is 135 cm³/mol. The van der Waals surface area contributed by atoms with E-state index in [0.717, 1.165) is 17.5 Å². The summed E-state index contributed by atoms with van der Waals surface area (Å²) in [4.78, 5) is 36.2. The van der Waals surface area contributed by atoms with Crippen molar-refractivity contribution in [3.63, 3.8) is 0 Å². The summed E-state index contributed by atoms with van der Waals surface area (Å²) in [5.41, 5.74) is 14.0. The summed E-state index contributed by atoms with van der Waals surface area (Å²) < 4.78 is 5.26. The molecule has 2 aromatic rings. The van der Waals surface area contributed by atoms with Crippen LogP contribution in [-0.4, -0.2) is 41.7 Å². The highest BCUT2D eigenvalue weighted by Crippen LogP contribution is 2.15. The molecule has 0 aliphatic heterocycles. The Bertz CT molecular complexity index is 937. The van der Waals surface area contributed by atoms with Crippen LogP contribution in [0.2, 0.25) is 0 Å². The summed E-state index contributed by atoms with van der Waals surface area (Å²) in [6.07, 6.45) is 2.09. The number of carboxylic acids is 1. The molecule has 35 heavy (non-hydrogen) atoms. The molecule has 0 aliphatic carbocycles. The number of hydrogen-bond acceptors (Lipinski definition) is 6. The second-order valence-electron chi connectivity index (χ2n) is 8.67. The van der Waals surface area contributed by atoms with Crippen molar-refractivity contribution in [3.05, 3.63) is 65.7 Å². The smallest absolute Gasteiger partial charge is 0.408 e. The molecule has 0 bridgehead atoms. The highest BCUT2D eigenvalue weighted by molar-refractivity contribution is 5.96. The molecular formula is C26H36N4O5. The Morgan fingerprint density at radius 3 is 2.31 bits per heavy atom. The zero-order chi connectivity index (χ0) is 25.6. The number of carbonyl (C=O) groups is 3. The Morgan fingerprint density at radius 2 is 1.69 bits per heavy atom. The third-order valence-corrected chi connectivity index (χ3v) is 5.57. The lowest BCUT2D eigenvalue weighted by Gasteiger charge is -2.19. The lowest BCUT2D eigenvalue weighted by molar-refractivity contribution is -0.141. The molecule has 2 amide bonds. The number of amides is 2. The fourth-order valence-electron chi connectivity index (χ4n) is 3.56. The van der Waals surface area contributed by atoms with Crippen molar-refractivity contribution < 1.29 is 24.2 Å². The zero-order valence-electron chi connectivity index (χ0n) is 20.1. The van der Waals surface area contributed by atoms with Crippen LogP contribution < -0.4 is 22.1 Å². The minimum Gasteiger partial charge on any atom is -0.481 e. The summed E-state index contributed by atoms with van der Waals surface area (Å²) in [5.74, 6) is -1.72. The molecule has 0 saturated carbocycles. The van der Waals surface area contributed by atoms with Crippen molar-refractivity contribution in [1.82, 2.24) is 5.32 Å². The topological polar surface area (TPSA) is 157 Å². The van der Waals surface area contributed by atoms with Gasteiger partial charge in [0.15, 0.2) is 0 Å². The molecule has 2 rings (SSSR count). The average Bonchev–Trinajstić information content (AvgIpc) is 2.84. The van der Waals surface area contributed by atoms with Gasteiger partial charge in [-0.15, -0.1) is 0 Å². The second kappa shape index (κ2) is 14.7. The van der Waals surface area contributed by atoms with Gasteiger partial charge in [0, 0.05) is 11.7 Å². The van der Waals surface area contributed by atoms with Gasteiger partial charge in [-0.1, -0.05) is 49.4 Å². The van der Waals surface area contributed by atoms with Gasteiger partial charge in [-0.2, -0.15) is 0 Å². The van der Waals surface area contributed by atoms with Crippen molar-refractivity contribution in [3.8, 4) is 0 Å². The van der Waals surface area contributed by atoms with Crippen molar-refractivity contribution in [1.29, 1.82) is 0 Å². The SMILES string of the molecule is CC(C[C@@H](N)Cc1ccc(NC(=O)[C@H](CCCCN)NC(=O)OCc2ccccc2)cc1)C(=O)O. The zero-order valence-corrected chi connectivity index (χ0v) is 20.1. The number of unbranched alkanes of at least 4 members (excludes halogenated alkanes) is 1. The summed E-state index contributed by atoms with van der Waals surface area (Å²) in [7, 11) is 0. The van der Waals surface area contributed by atoms with E-state index < -0.39 is 24.0 Å². The van der Waals surface area contributed by atoms with E-state index in [1.165, 1.54) is 0 Å². The maximum Gasteiger partial charge on any atom is 0.408 e. The Hall–Kier alpha value is -3.43. The van der Waals surface area contributed by atoms with Gasteiger partial charge < -0.3 is 31.9 Å². The number of nitrogens with two attached hydrogens (primary N) is 2. The van der Waals surface area contributed by atoms with Crippen molar-refractivity contribution in [2.24, 2.45) is 17.4 Å². The van der Waals surface area contributed by atoms with E-state index in [-0.39, 0.29) is 18.6 Å². The molecule has 190 valence electrons. The number of aliphatic carboxylic acids is 1. The van der Waals surface area contributed by atoms with Gasteiger partial charge in [-0.05, 0) is 61.9 Å². The third-order valence-electron chi connectivity index (χ3n) is 5.57. The maximum atomic E-state index is 12.9. The van der Waals surface area contributed by atoms with E-state index >= 15 is 0 Å². The molecule has 3 atom stereocenters. The van der Waals surface area contributed by atoms with E-state index in [1.807, 2.05) is 42.5 Å². The average molecular weight is 485 g/mol. The maximum absolute atomic E-state index is 12.9. The first kappa shape index (κ1) is 27.8. The Kier molecular flexibility index (Phi) is 11.7. The predicted octanol–water partition coefficient (Wildman–Crippen LogP) is 3.03. The molecule has 0 aromatic heterocycles. The standard InChI is InChI=1S/C26H36N4O5/c1-18(25(32)33)15-21(28)16-19-10-12-22(13-11-19)29-24(31)23(9-5-6-14-27)30-26(34)35-17-20-7-3-2-4-8-20/h2-4,7-8,10-13,18,21,23H,5-6,9,14-17,27-28H2,1H3,(H,29,31)(H,30,34)(H,32,33)/t18?,21-,23+/m1/s1. The number of ether oxygens (including phenoxy) is 1. The van der Waals surface area contributed by atoms with E-state index in [9.17, 15) is 14.4 Å². The molecule has 9 heteroatoms. The molecule has 9 nitrogen and oxygen atoms in total. The minimum absolute atomic E-state index is 0.110. The fraction of sp³-hybridized carbons (Fsp3) is 0.423. The monoisotopic (exact) mass is 484 g/mol. The highest BCUT2D eigenvalue weighted by Gasteiger charge is 2.21. The number of benzene rings is 2. The molecule has 0 heterocycles. The quantitative estimate of drug-likeness (QED) is 0.258. The van der Waals surface area contributed by atoms with Crippen LogP contribution in [0.5, 0.6) is 0 Å². The summed E-state index contributed by atoms with van der Waals surface area (Å²) in [6.45, 7) is 2.25. The molecule has 0 saturated heterocycles. The lowest BCUT2D eigenvalue weighted by atomic mass is 9.97. The third kappa shape index (κ3) is 10.6. The Balaban J connectivity index is 1.91. The first-order valence-corrected chi connectivity index (χ1v) is 11.8. The number of rotatable bonds is 14. The molecule has 0 fully saturated rings. The minimum atomic E-state index is -0.864. The highest BCUT2D eigenvalue weighted by atomic mass is 16.5. The van der Waals surface area contributed by atoms with Crippen LogP contribution in [-0.2, 0) is 27.4 Å².